The molecular formula is C18H16ClNO3. The van der Waals surface area contributed by atoms with E-state index in [0.717, 1.165) is 11.8 Å². The van der Waals surface area contributed by atoms with Crippen molar-refractivity contribution < 1.29 is 14.3 Å². The molecule has 0 heterocycles. The maximum Gasteiger partial charge on any atom is 0.153 e. The maximum atomic E-state index is 11.2. The van der Waals surface area contributed by atoms with Crippen molar-refractivity contribution in [1.82, 2.24) is 0 Å². The minimum atomic E-state index is 0.362. The first-order chi connectivity index (χ1) is 11.2. The molecule has 23 heavy (non-hydrogen) atoms. The number of unbranched alkanes of at least 4 members (excludes halogenated alkanes) is 1. The lowest BCUT2D eigenvalue weighted by molar-refractivity contribution is 0.111. The molecule has 0 fully saturated rings. The van der Waals surface area contributed by atoms with Gasteiger partial charge in [0.05, 0.1) is 18.2 Å². The van der Waals surface area contributed by atoms with Crippen LogP contribution in [0.15, 0.2) is 42.5 Å². The Labute approximate surface area is 140 Å². The summed E-state index contributed by atoms with van der Waals surface area (Å²) < 4.78 is 11.2. The standard InChI is InChI=1S/C18H16ClNO3/c19-16-5-3-4-14(10-16)13-23-17-6-7-18(15(11-17)12-21)22-9-2-1-8-20/h3-7,10-12H,1-2,9,13H2. The first kappa shape index (κ1) is 16.9. The molecule has 0 saturated carbocycles. The van der Waals surface area contributed by atoms with Crippen LogP contribution >= 0.6 is 11.6 Å². The summed E-state index contributed by atoms with van der Waals surface area (Å²) in [6, 6.07) is 14.5. The molecule has 0 aliphatic heterocycles. The van der Waals surface area contributed by atoms with E-state index in [1.165, 1.54) is 0 Å². The van der Waals surface area contributed by atoms with Crippen LogP contribution in [0, 0.1) is 11.3 Å². The molecule has 0 bridgehead atoms. The molecule has 0 N–H and O–H groups in total. The van der Waals surface area contributed by atoms with Crippen LogP contribution < -0.4 is 9.47 Å². The van der Waals surface area contributed by atoms with Gasteiger partial charge in [-0.25, -0.2) is 0 Å². The minimum absolute atomic E-state index is 0.362. The fourth-order valence-corrected chi connectivity index (χ4v) is 2.18. The quantitative estimate of drug-likeness (QED) is 0.531. The number of rotatable bonds is 8. The summed E-state index contributed by atoms with van der Waals surface area (Å²) in [4.78, 5) is 11.2. The molecule has 0 aromatic heterocycles. The zero-order chi connectivity index (χ0) is 16.5. The van der Waals surface area contributed by atoms with Gasteiger partial charge in [0.1, 0.15) is 18.1 Å². The molecule has 2 rings (SSSR count). The average molecular weight is 330 g/mol. The molecule has 0 atom stereocenters. The van der Waals surface area contributed by atoms with Gasteiger partial charge in [0.2, 0.25) is 0 Å². The fraction of sp³-hybridized carbons (Fsp3) is 0.222. The molecule has 2 aromatic rings. The van der Waals surface area contributed by atoms with E-state index in [4.69, 9.17) is 26.3 Å². The lowest BCUT2D eigenvalue weighted by atomic mass is 10.2. The number of hydrogen-bond acceptors (Lipinski definition) is 4. The Morgan fingerprint density at radius 2 is 2.04 bits per heavy atom. The fourth-order valence-electron chi connectivity index (χ4n) is 1.97. The molecular weight excluding hydrogens is 314 g/mol. The van der Waals surface area contributed by atoms with Crippen molar-refractivity contribution in [2.75, 3.05) is 6.61 Å². The van der Waals surface area contributed by atoms with E-state index in [1.54, 1.807) is 24.3 Å². The van der Waals surface area contributed by atoms with Gasteiger partial charge < -0.3 is 9.47 Å². The van der Waals surface area contributed by atoms with Crippen LogP contribution in [-0.2, 0) is 6.61 Å². The van der Waals surface area contributed by atoms with E-state index >= 15 is 0 Å². The number of carbonyl (C=O) groups is 1. The SMILES string of the molecule is N#CCCCOc1ccc(OCc2cccc(Cl)c2)cc1C=O. The van der Waals surface area contributed by atoms with Gasteiger partial charge in [-0.3, -0.25) is 4.79 Å². The predicted molar refractivity (Wildman–Crippen MR) is 88.0 cm³/mol. The lowest BCUT2D eigenvalue weighted by Crippen LogP contribution is -2.01. The van der Waals surface area contributed by atoms with Gasteiger partial charge in [-0.1, -0.05) is 23.7 Å². The van der Waals surface area contributed by atoms with Gasteiger partial charge in [-0.2, -0.15) is 5.26 Å². The summed E-state index contributed by atoms with van der Waals surface area (Å²) in [6.07, 6.45) is 1.78. The molecule has 0 aliphatic rings. The molecule has 5 heteroatoms. The largest absolute Gasteiger partial charge is 0.493 e. The highest BCUT2D eigenvalue weighted by Crippen LogP contribution is 2.24. The second kappa shape index (κ2) is 8.82. The molecule has 4 nitrogen and oxygen atoms in total. The third kappa shape index (κ3) is 5.32. The van der Waals surface area contributed by atoms with Gasteiger partial charge in [-0.05, 0) is 42.3 Å². The van der Waals surface area contributed by atoms with Crippen molar-refractivity contribution in [2.24, 2.45) is 0 Å². The number of halogens is 1. The maximum absolute atomic E-state index is 11.2. The zero-order valence-electron chi connectivity index (χ0n) is 12.5. The Morgan fingerprint density at radius 3 is 2.78 bits per heavy atom. The van der Waals surface area contributed by atoms with Crippen molar-refractivity contribution in [2.45, 2.75) is 19.4 Å². The summed E-state index contributed by atoms with van der Waals surface area (Å²) in [5.74, 6) is 1.07. The number of nitriles is 1. The number of ether oxygens (including phenoxy) is 2. The Kier molecular flexibility index (Phi) is 6.46. The second-order valence-electron chi connectivity index (χ2n) is 4.85. The zero-order valence-corrected chi connectivity index (χ0v) is 13.3. The summed E-state index contributed by atoms with van der Waals surface area (Å²) in [5, 5.41) is 9.14. The van der Waals surface area contributed by atoms with Gasteiger partial charge in [0, 0.05) is 11.4 Å². The topological polar surface area (TPSA) is 59.3 Å². The highest BCUT2D eigenvalue weighted by molar-refractivity contribution is 6.30. The van der Waals surface area contributed by atoms with Crippen molar-refractivity contribution in [3.63, 3.8) is 0 Å². The van der Waals surface area contributed by atoms with E-state index in [2.05, 4.69) is 0 Å². The van der Waals surface area contributed by atoms with Crippen LogP contribution in [0.25, 0.3) is 0 Å². The molecule has 2 aromatic carbocycles. The third-order valence-electron chi connectivity index (χ3n) is 3.09. The van der Waals surface area contributed by atoms with Gasteiger partial charge in [0.25, 0.3) is 0 Å². The molecule has 0 saturated heterocycles. The van der Waals surface area contributed by atoms with E-state index in [9.17, 15) is 4.79 Å². The molecule has 0 radical (unpaired) electrons. The van der Waals surface area contributed by atoms with Crippen molar-refractivity contribution in [3.8, 4) is 17.6 Å². The van der Waals surface area contributed by atoms with Crippen LogP contribution in [0.5, 0.6) is 11.5 Å². The van der Waals surface area contributed by atoms with E-state index in [0.29, 0.717) is 48.1 Å². The summed E-state index contributed by atoms with van der Waals surface area (Å²) in [7, 11) is 0. The Balaban J connectivity index is 1.98. The Bertz CT molecular complexity index is 710. The summed E-state index contributed by atoms with van der Waals surface area (Å²) in [5.41, 5.74) is 1.37. The molecule has 0 unspecified atom stereocenters. The molecule has 0 spiro atoms. The smallest absolute Gasteiger partial charge is 0.153 e. The van der Waals surface area contributed by atoms with Crippen LogP contribution in [0.3, 0.4) is 0 Å². The number of benzene rings is 2. The second-order valence-corrected chi connectivity index (χ2v) is 5.28. The summed E-state index contributed by atoms with van der Waals surface area (Å²) in [6.45, 7) is 0.762. The molecule has 0 aliphatic carbocycles. The van der Waals surface area contributed by atoms with E-state index < -0.39 is 0 Å². The monoisotopic (exact) mass is 329 g/mol. The Morgan fingerprint density at radius 1 is 1.17 bits per heavy atom. The molecule has 118 valence electrons. The van der Waals surface area contributed by atoms with Crippen LogP contribution in [-0.4, -0.2) is 12.9 Å². The average Bonchev–Trinajstić information content (AvgIpc) is 2.57. The lowest BCUT2D eigenvalue weighted by Gasteiger charge is -2.11. The minimum Gasteiger partial charge on any atom is -0.493 e. The predicted octanol–water partition coefficient (Wildman–Crippen LogP) is 4.41. The van der Waals surface area contributed by atoms with Gasteiger partial charge >= 0.3 is 0 Å². The number of aldehydes is 1. The first-order valence-corrected chi connectivity index (χ1v) is 7.57. The van der Waals surface area contributed by atoms with Crippen LogP contribution in [0.4, 0.5) is 0 Å². The van der Waals surface area contributed by atoms with Crippen molar-refractivity contribution in [1.29, 1.82) is 5.26 Å². The van der Waals surface area contributed by atoms with E-state index in [-0.39, 0.29) is 0 Å². The van der Waals surface area contributed by atoms with Crippen LogP contribution in [0.1, 0.15) is 28.8 Å². The Hall–Kier alpha value is -2.51. The van der Waals surface area contributed by atoms with Gasteiger partial charge in [0.15, 0.2) is 6.29 Å². The summed E-state index contributed by atoms with van der Waals surface area (Å²) >= 11 is 5.93. The number of nitrogens with zero attached hydrogens (tertiary/aromatic N) is 1. The van der Waals surface area contributed by atoms with Gasteiger partial charge in [-0.15, -0.1) is 0 Å². The van der Waals surface area contributed by atoms with Crippen molar-refractivity contribution >= 4 is 17.9 Å². The van der Waals surface area contributed by atoms with Crippen molar-refractivity contribution in [3.05, 3.63) is 58.6 Å². The molecule has 0 amide bonds. The van der Waals surface area contributed by atoms with Crippen LogP contribution in [0.2, 0.25) is 5.02 Å². The van der Waals surface area contributed by atoms with E-state index in [1.807, 2.05) is 24.3 Å². The third-order valence-corrected chi connectivity index (χ3v) is 3.33. The highest BCUT2D eigenvalue weighted by atomic mass is 35.5. The normalized spacial score (nSPS) is 9.91. The highest BCUT2D eigenvalue weighted by Gasteiger charge is 2.06. The first-order valence-electron chi connectivity index (χ1n) is 7.19. The number of hydrogen-bond donors (Lipinski definition) is 0. The number of carbonyl (C=O) groups excluding carboxylic acids is 1.